The third-order valence-corrected chi connectivity index (χ3v) is 14.7. The smallest absolute Gasteiger partial charge is 0.245 e. The molecule has 11 nitrogen and oxygen atoms in total. The highest BCUT2D eigenvalue weighted by Crippen LogP contribution is 2.62. The van der Waals surface area contributed by atoms with E-state index >= 15 is 8.42 Å². The molecule has 0 radical (unpaired) electrons. The first-order valence-electron chi connectivity index (χ1n) is 21.9. The van der Waals surface area contributed by atoms with Gasteiger partial charge in [0.2, 0.25) is 15.8 Å². The lowest BCUT2D eigenvalue weighted by Gasteiger charge is -2.59. The summed E-state index contributed by atoms with van der Waals surface area (Å²) in [5, 5.41) is 27.5. The summed E-state index contributed by atoms with van der Waals surface area (Å²) in [5.74, 6) is -0.367. The van der Waals surface area contributed by atoms with Gasteiger partial charge in [-0.05, 0) is 103 Å². The molecule has 326 valence electrons. The van der Waals surface area contributed by atoms with Gasteiger partial charge in [0.1, 0.15) is 29.3 Å². The van der Waals surface area contributed by atoms with Gasteiger partial charge in [-0.25, -0.2) is 8.42 Å². The van der Waals surface area contributed by atoms with Crippen molar-refractivity contribution < 1.29 is 37.7 Å². The van der Waals surface area contributed by atoms with Crippen LogP contribution in [0.5, 0.6) is 17.2 Å². The minimum atomic E-state index is -4.26. The highest BCUT2D eigenvalue weighted by molar-refractivity contribution is 7.89. The Kier molecular flexibility index (Phi) is 13.4. The molecular formula is C50H57N3O8S. The summed E-state index contributed by atoms with van der Waals surface area (Å²) in [5.41, 5.74) is 2.85. The van der Waals surface area contributed by atoms with Crippen molar-refractivity contribution in [2.45, 2.75) is 80.9 Å². The lowest BCUT2D eigenvalue weighted by molar-refractivity contribution is -0.251. The number of para-hydroxylation sites is 1. The van der Waals surface area contributed by atoms with Crippen LogP contribution in [-0.4, -0.2) is 78.9 Å². The highest BCUT2D eigenvalue weighted by Gasteiger charge is 2.66. The summed E-state index contributed by atoms with van der Waals surface area (Å²) in [7, 11) is -2.74. The Hall–Kier alpha value is -5.11. The van der Waals surface area contributed by atoms with Crippen molar-refractivity contribution in [3.8, 4) is 17.2 Å². The molecule has 0 amide bonds. The predicted molar refractivity (Wildman–Crippen MR) is 242 cm³/mol. The topological polar surface area (TPSA) is 140 Å². The van der Waals surface area contributed by atoms with Crippen molar-refractivity contribution in [3.63, 3.8) is 0 Å². The fraction of sp³-hybridized carbons (Fsp3) is 0.400. The maximum Gasteiger partial charge on any atom is 0.245 e. The number of aliphatic hydroxyl groups is 2. The molecule has 2 N–H and O–H groups in total. The monoisotopic (exact) mass is 859 g/mol. The van der Waals surface area contributed by atoms with E-state index in [1.54, 1.807) is 34.8 Å². The van der Waals surface area contributed by atoms with Gasteiger partial charge in [-0.15, -0.1) is 6.58 Å². The molecule has 5 aromatic rings. The minimum absolute atomic E-state index is 0.0142. The number of rotatable bonds is 19. The molecule has 4 aromatic carbocycles. The quantitative estimate of drug-likeness (QED) is 0.0472. The van der Waals surface area contributed by atoms with Crippen molar-refractivity contribution in [1.82, 2.24) is 9.29 Å². The maximum atomic E-state index is 15.4. The molecular weight excluding hydrogens is 803 g/mol. The summed E-state index contributed by atoms with van der Waals surface area (Å²) >= 11 is 0. The average molecular weight is 860 g/mol. The van der Waals surface area contributed by atoms with Gasteiger partial charge in [0.15, 0.2) is 0 Å². The van der Waals surface area contributed by atoms with Crippen LogP contribution in [-0.2, 0) is 19.6 Å². The number of pyridine rings is 1. The average Bonchev–Trinajstić information content (AvgIpc) is 3.29. The summed E-state index contributed by atoms with van der Waals surface area (Å²) in [6, 6.07) is 28.1. The Morgan fingerprint density at radius 3 is 2.44 bits per heavy atom. The van der Waals surface area contributed by atoms with Gasteiger partial charge in [0.25, 0.3) is 0 Å². The van der Waals surface area contributed by atoms with Gasteiger partial charge in [0.05, 0.1) is 29.8 Å². The number of sulfonamides is 1. The van der Waals surface area contributed by atoms with E-state index in [9.17, 15) is 10.2 Å². The van der Waals surface area contributed by atoms with Crippen LogP contribution in [0.25, 0.3) is 21.7 Å². The molecule has 1 aliphatic heterocycles. The van der Waals surface area contributed by atoms with E-state index in [-0.39, 0.29) is 55.4 Å². The van der Waals surface area contributed by atoms with Gasteiger partial charge in [0, 0.05) is 49.2 Å². The normalized spacial score (nSPS) is 23.7. The van der Waals surface area contributed by atoms with E-state index < -0.39 is 27.8 Å². The fourth-order valence-electron chi connectivity index (χ4n) is 10.2. The Bertz CT molecular complexity index is 2560. The molecule has 0 saturated heterocycles. The van der Waals surface area contributed by atoms with Gasteiger partial charge >= 0.3 is 0 Å². The van der Waals surface area contributed by atoms with Gasteiger partial charge in [-0.3, -0.25) is 4.98 Å². The predicted octanol–water partition coefficient (Wildman–Crippen LogP) is 9.54. The second-order valence-corrected chi connectivity index (χ2v) is 18.4. The van der Waals surface area contributed by atoms with Gasteiger partial charge < -0.3 is 29.3 Å². The Morgan fingerprint density at radius 1 is 0.919 bits per heavy atom. The van der Waals surface area contributed by atoms with Crippen molar-refractivity contribution in [2.24, 2.45) is 22.9 Å². The molecule has 1 aromatic heterocycles. The van der Waals surface area contributed by atoms with Crippen LogP contribution in [0.4, 0.5) is 0 Å². The first-order chi connectivity index (χ1) is 30.3. The van der Waals surface area contributed by atoms with Crippen molar-refractivity contribution in [1.29, 1.82) is 0 Å². The number of fused-ring (bicyclic) bond motifs is 4. The van der Waals surface area contributed by atoms with E-state index in [0.717, 1.165) is 47.6 Å². The number of aliphatic hydroxyl groups excluding tert-OH is 2. The van der Waals surface area contributed by atoms with Crippen LogP contribution in [0.3, 0.4) is 0 Å². The molecule has 1 fully saturated rings. The molecule has 62 heavy (non-hydrogen) atoms. The number of hydrogen-bond donors (Lipinski definition) is 2. The number of unbranched alkanes of at least 4 members (excludes halogenated alkanes) is 2. The number of benzene rings is 4. The third kappa shape index (κ3) is 8.26. The molecule has 8 rings (SSSR count). The second-order valence-electron chi connectivity index (χ2n) is 16.5. The number of oxime groups is 1. The van der Waals surface area contributed by atoms with Gasteiger partial charge in [-0.1, -0.05) is 85.6 Å². The van der Waals surface area contributed by atoms with E-state index in [0.29, 0.717) is 53.1 Å². The summed E-state index contributed by atoms with van der Waals surface area (Å²) in [4.78, 5) is 10.3. The van der Waals surface area contributed by atoms with Crippen LogP contribution in [0, 0.1) is 17.8 Å². The van der Waals surface area contributed by atoms with E-state index in [1.807, 2.05) is 61.5 Å². The van der Waals surface area contributed by atoms with E-state index in [2.05, 4.69) is 41.0 Å². The molecule has 0 unspecified atom stereocenters. The van der Waals surface area contributed by atoms with Crippen LogP contribution >= 0.6 is 0 Å². The summed E-state index contributed by atoms with van der Waals surface area (Å²) < 4.78 is 53.5. The van der Waals surface area contributed by atoms with Crippen molar-refractivity contribution >= 4 is 37.4 Å². The highest BCUT2D eigenvalue weighted by atomic mass is 32.2. The van der Waals surface area contributed by atoms with Crippen LogP contribution in [0.15, 0.2) is 132 Å². The van der Waals surface area contributed by atoms with Crippen LogP contribution < -0.4 is 9.47 Å². The Morgan fingerprint density at radius 2 is 1.66 bits per heavy atom. The zero-order valence-corrected chi connectivity index (χ0v) is 36.4. The lowest BCUT2D eigenvalue weighted by Crippen LogP contribution is -2.70. The maximum absolute atomic E-state index is 15.4. The number of nitrogens with zero attached hydrogens (tertiary/aromatic N) is 3. The van der Waals surface area contributed by atoms with E-state index in [1.165, 1.54) is 7.11 Å². The first kappa shape index (κ1) is 43.5. The molecule has 6 atom stereocenters. The standard InChI is InChI=1S/C50H57N3O8S/c1-4-26-53(62(56,57)45-20-12-17-35-18-13-25-51-49(35)45)46-33-43(52-58-3)41-31-37(16-8-10-27-54)40(19-9-11-28-55)47-42-32-39(60-38-22-21-34-14-6-7-15-36(34)30-38)23-24-44(42)61-50(46,48(41)47)59-29-5-2/h5-7,12-15,17-18,20-25,30-32,37,40,46-48,54-55H,2,4,8-11,16,19,26-29,33H2,1,3H3/t37-,40+,46-,47+,48+,50+/m0/s1. The minimum Gasteiger partial charge on any atom is -0.460 e. The number of hydrogen-bond acceptors (Lipinski definition) is 10. The van der Waals surface area contributed by atoms with Crippen LogP contribution in [0.2, 0.25) is 0 Å². The SMILES string of the molecule is C=CCO[C@@]12Oc3ccc(Oc4ccc5ccccc5c4)cc3[C@H]3[C@H](CCCCO)[C@@H](CCCCO)C=C(C(=NOC)C[C@@H]1N(CCC)S(=O)(=O)c1cccc4cccnc14)[C@H]32. The lowest BCUT2D eigenvalue weighted by atomic mass is 9.55. The summed E-state index contributed by atoms with van der Waals surface area (Å²) in [6.07, 6.45) is 10.7. The molecule has 0 bridgehead atoms. The van der Waals surface area contributed by atoms with Gasteiger partial charge in [-0.2, -0.15) is 4.31 Å². The molecule has 12 heteroatoms. The third-order valence-electron chi connectivity index (χ3n) is 12.8. The molecule has 2 aliphatic carbocycles. The Balaban J connectivity index is 1.34. The van der Waals surface area contributed by atoms with E-state index in [4.69, 9.17) is 19.0 Å². The molecule has 1 saturated carbocycles. The zero-order chi connectivity index (χ0) is 43.3. The van der Waals surface area contributed by atoms with Crippen molar-refractivity contribution in [3.05, 3.63) is 127 Å². The number of ether oxygens (including phenoxy) is 3. The largest absolute Gasteiger partial charge is 0.460 e. The number of aromatic nitrogens is 1. The summed E-state index contributed by atoms with van der Waals surface area (Å²) in [6.45, 7) is 6.43. The fourth-order valence-corrected chi connectivity index (χ4v) is 12.1. The van der Waals surface area contributed by atoms with Crippen LogP contribution in [0.1, 0.15) is 69.8 Å². The zero-order valence-electron chi connectivity index (χ0n) is 35.6. The Labute approximate surface area is 364 Å². The number of allylic oxidation sites excluding steroid dienone is 1. The molecule has 2 heterocycles. The van der Waals surface area contributed by atoms with Crippen molar-refractivity contribution in [2.75, 3.05) is 33.5 Å². The molecule has 0 spiro atoms. The molecule has 3 aliphatic rings. The first-order valence-corrected chi connectivity index (χ1v) is 23.4. The second kappa shape index (κ2) is 19.1.